The average Bonchev–Trinajstić information content (AvgIpc) is 3.16. The molecule has 0 radical (unpaired) electrons. The van der Waals surface area contributed by atoms with E-state index in [-0.39, 0.29) is 22.3 Å². The van der Waals surface area contributed by atoms with Gasteiger partial charge in [0, 0.05) is 0 Å². The lowest BCUT2D eigenvalue weighted by Crippen LogP contribution is -2.77. The van der Waals surface area contributed by atoms with Gasteiger partial charge in [-0.3, -0.25) is 0 Å². The molecular formula is C36H62O. The molecule has 1 heteroatoms. The van der Waals surface area contributed by atoms with Gasteiger partial charge in [0.25, 0.3) is 0 Å². The van der Waals surface area contributed by atoms with Gasteiger partial charge < -0.3 is 5.11 Å². The van der Waals surface area contributed by atoms with Crippen LogP contribution in [0.3, 0.4) is 0 Å². The second kappa shape index (κ2) is 7.70. The minimum atomic E-state index is -0.179. The first-order chi connectivity index (χ1) is 16.9. The molecule has 0 bridgehead atoms. The molecule has 5 fully saturated rings. The normalized spacial score (nSPS) is 58.6. The Bertz CT molecular complexity index is 979. The third kappa shape index (κ3) is 2.53. The van der Waals surface area contributed by atoms with Crippen LogP contribution < -0.4 is 0 Å². The summed E-state index contributed by atoms with van der Waals surface area (Å²) < 4.78 is 0. The van der Waals surface area contributed by atoms with Gasteiger partial charge in [0.05, 0.1) is 6.10 Å². The molecule has 1 nitrogen and oxygen atoms in total. The van der Waals surface area contributed by atoms with Crippen LogP contribution in [0.5, 0.6) is 0 Å². The van der Waals surface area contributed by atoms with E-state index in [9.17, 15) is 5.11 Å². The molecule has 0 amide bonds. The fourth-order valence-electron chi connectivity index (χ4n) is 14.8. The highest BCUT2D eigenvalue weighted by molar-refractivity contribution is 5.32. The molecule has 5 aliphatic rings. The van der Waals surface area contributed by atoms with Gasteiger partial charge in [0.2, 0.25) is 0 Å². The summed E-state index contributed by atoms with van der Waals surface area (Å²) in [5.41, 5.74) is 3.87. The van der Waals surface area contributed by atoms with E-state index in [4.69, 9.17) is 0 Å². The molecule has 0 saturated heterocycles. The van der Waals surface area contributed by atoms with Gasteiger partial charge >= 0.3 is 0 Å². The van der Waals surface area contributed by atoms with Crippen molar-refractivity contribution in [2.75, 3.05) is 0 Å². The van der Waals surface area contributed by atoms with Gasteiger partial charge in [0.1, 0.15) is 0 Å². The molecule has 5 saturated carbocycles. The Morgan fingerprint density at radius 3 is 1.76 bits per heavy atom. The van der Waals surface area contributed by atoms with E-state index in [0.717, 1.165) is 6.42 Å². The molecule has 0 aliphatic heterocycles. The summed E-state index contributed by atoms with van der Waals surface area (Å²) in [5.74, 6) is 0.665. The highest BCUT2D eigenvalue weighted by Gasteiger charge is 2.82. The summed E-state index contributed by atoms with van der Waals surface area (Å²) in [6.07, 6.45) is 15.4. The van der Waals surface area contributed by atoms with Gasteiger partial charge in [-0.25, -0.2) is 0 Å². The van der Waals surface area contributed by atoms with Crippen LogP contribution in [-0.4, -0.2) is 11.2 Å². The lowest BCUT2D eigenvalue weighted by molar-refractivity contribution is -0.358. The van der Waals surface area contributed by atoms with Crippen LogP contribution in [0.15, 0.2) is 12.2 Å². The molecule has 0 spiro atoms. The van der Waals surface area contributed by atoms with Crippen LogP contribution in [0.1, 0.15) is 153 Å². The largest absolute Gasteiger partial charge is 0.393 e. The maximum atomic E-state index is 11.3. The number of rotatable bonds is 3. The molecule has 0 heterocycles. The maximum absolute atomic E-state index is 11.3. The van der Waals surface area contributed by atoms with E-state index in [1.165, 1.54) is 76.2 Å². The Labute approximate surface area is 231 Å². The van der Waals surface area contributed by atoms with Crippen molar-refractivity contribution in [2.24, 2.45) is 54.7 Å². The van der Waals surface area contributed by atoms with E-state index in [1.54, 1.807) is 0 Å². The lowest BCUT2D eigenvalue weighted by Gasteiger charge is -2.84. The van der Waals surface area contributed by atoms with E-state index in [1.807, 2.05) is 0 Å². The summed E-state index contributed by atoms with van der Waals surface area (Å²) in [7, 11) is 0. The molecule has 0 aromatic carbocycles. The van der Waals surface area contributed by atoms with E-state index in [2.05, 4.69) is 82.7 Å². The molecule has 212 valence electrons. The zero-order chi connectivity index (χ0) is 27.7. The van der Waals surface area contributed by atoms with Crippen LogP contribution in [-0.2, 0) is 0 Å². The van der Waals surface area contributed by atoms with Gasteiger partial charge in [-0.1, -0.05) is 81.4 Å². The summed E-state index contributed by atoms with van der Waals surface area (Å²) >= 11 is 0. The summed E-state index contributed by atoms with van der Waals surface area (Å²) in [4.78, 5) is 0. The number of hydrogen-bond donors (Lipinski definition) is 1. The quantitative estimate of drug-likeness (QED) is 0.374. The van der Waals surface area contributed by atoms with Crippen LogP contribution in [0.4, 0.5) is 0 Å². The topological polar surface area (TPSA) is 20.2 Å². The Balaban J connectivity index is 1.74. The summed E-state index contributed by atoms with van der Waals surface area (Å²) in [6, 6.07) is 0. The first-order valence-corrected chi connectivity index (χ1v) is 16.2. The maximum Gasteiger partial charge on any atom is 0.0596 e. The Morgan fingerprint density at radius 2 is 1.19 bits per heavy atom. The monoisotopic (exact) mass is 510 g/mol. The molecule has 0 aromatic heterocycles. The second-order valence-corrected chi connectivity index (χ2v) is 17.2. The fraction of sp³-hybridized carbons (Fsp3) is 0.944. The smallest absolute Gasteiger partial charge is 0.0596 e. The molecular weight excluding hydrogens is 448 g/mol. The first kappa shape index (κ1) is 28.2. The van der Waals surface area contributed by atoms with Crippen molar-refractivity contribution >= 4 is 0 Å². The van der Waals surface area contributed by atoms with Crippen molar-refractivity contribution in [1.82, 2.24) is 0 Å². The minimum absolute atomic E-state index is 0.0442. The first-order valence-electron chi connectivity index (χ1n) is 16.2. The van der Waals surface area contributed by atoms with Crippen molar-refractivity contribution in [3.8, 4) is 0 Å². The van der Waals surface area contributed by atoms with Crippen molar-refractivity contribution in [3.05, 3.63) is 12.2 Å². The van der Waals surface area contributed by atoms with E-state index < -0.39 is 0 Å². The van der Waals surface area contributed by atoms with Crippen molar-refractivity contribution < 1.29 is 5.11 Å². The third-order valence-electron chi connectivity index (χ3n) is 17.7. The standard InChI is InChI=1S/C36H62O/c1-13-35-24-23-34(12)31(9,20-19-29(7)17-15-26(25(3)4)36(29,34)14-2)33(35,11)22-21-30(8)28(5,6)27(37)16-18-32(30,35)10/h26-27,37H,3,13-24H2,1-2,4-12H3/t26?,27-,29+,30-,31-,32-,33-,34-,35+,36-/m0/s1. The number of aliphatic hydroxyl groups is 1. The highest BCUT2D eigenvalue weighted by Crippen LogP contribution is 2.89. The van der Waals surface area contributed by atoms with Gasteiger partial charge in [-0.15, -0.1) is 0 Å². The molecule has 5 rings (SSSR count). The predicted molar refractivity (Wildman–Crippen MR) is 158 cm³/mol. The Kier molecular flexibility index (Phi) is 5.88. The van der Waals surface area contributed by atoms with Gasteiger partial charge in [-0.05, 0) is 139 Å². The van der Waals surface area contributed by atoms with Crippen molar-refractivity contribution in [1.29, 1.82) is 0 Å². The van der Waals surface area contributed by atoms with Crippen molar-refractivity contribution in [3.63, 3.8) is 0 Å². The SMILES string of the molecule is C=C(C)C1CC[C@]2(C)CC[C@@]3(C)[C@]4(C)CC[C@@]5(C)C(C)(C)[C@@H](O)CC[C@]5(C)[C@@]4(CC)CC[C@]3(C)[C@@]12CC. The zero-order valence-corrected chi connectivity index (χ0v) is 26.8. The van der Waals surface area contributed by atoms with Crippen LogP contribution in [0.2, 0.25) is 0 Å². The third-order valence-corrected chi connectivity index (χ3v) is 17.7. The number of hydrogen-bond acceptors (Lipinski definition) is 1. The Hall–Kier alpha value is -0.300. The predicted octanol–water partition coefficient (Wildman–Crippen LogP) is 10.4. The van der Waals surface area contributed by atoms with E-state index in [0.29, 0.717) is 38.4 Å². The van der Waals surface area contributed by atoms with Gasteiger partial charge in [-0.2, -0.15) is 0 Å². The molecule has 10 atom stereocenters. The molecule has 37 heavy (non-hydrogen) atoms. The number of aliphatic hydroxyl groups excluding tert-OH is 1. The number of fused-ring (bicyclic) bond motifs is 7. The molecule has 5 aliphatic carbocycles. The molecule has 0 aromatic rings. The summed E-state index contributed by atoms with van der Waals surface area (Å²) in [5, 5.41) is 11.3. The second-order valence-electron chi connectivity index (χ2n) is 17.2. The highest BCUT2D eigenvalue weighted by atomic mass is 16.3. The van der Waals surface area contributed by atoms with Crippen molar-refractivity contribution in [2.45, 2.75) is 159 Å². The summed E-state index contributed by atoms with van der Waals surface area (Å²) in [6.45, 7) is 33.3. The molecule has 1 N–H and O–H groups in total. The van der Waals surface area contributed by atoms with E-state index >= 15 is 0 Å². The van der Waals surface area contributed by atoms with Crippen LogP contribution >= 0.6 is 0 Å². The van der Waals surface area contributed by atoms with Crippen LogP contribution in [0, 0.1) is 54.7 Å². The number of allylic oxidation sites excluding steroid dienone is 1. The zero-order valence-electron chi connectivity index (χ0n) is 26.8. The molecule has 1 unspecified atom stereocenters. The fourth-order valence-corrected chi connectivity index (χ4v) is 14.8. The van der Waals surface area contributed by atoms with Crippen LogP contribution in [0.25, 0.3) is 0 Å². The Morgan fingerprint density at radius 1 is 0.649 bits per heavy atom. The lowest BCUT2D eigenvalue weighted by atomic mass is 9.20. The minimum Gasteiger partial charge on any atom is -0.393 e. The van der Waals surface area contributed by atoms with Gasteiger partial charge in [0.15, 0.2) is 0 Å². The average molecular weight is 511 g/mol.